The van der Waals surface area contributed by atoms with Crippen molar-refractivity contribution in [3.8, 4) is 0 Å². The van der Waals surface area contributed by atoms with Crippen molar-refractivity contribution < 1.29 is 13.2 Å². The van der Waals surface area contributed by atoms with E-state index in [0.717, 1.165) is 11.7 Å². The average molecular weight is 442 g/mol. The second-order valence-electron chi connectivity index (χ2n) is 7.95. The second-order valence-corrected chi connectivity index (χ2v) is 10.2. The lowest BCUT2D eigenvalue weighted by Gasteiger charge is -2.31. The van der Waals surface area contributed by atoms with Crippen LogP contribution in [0.25, 0.3) is 11.0 Å². The van der Waals surface area contributed by atoms with Crippen LogP contribution in [0.15, 0.2) is 23.1 Å². The molecule has 2 aromatic rings. The molecule has 8 nitrogen and oxygen atoms in total. The number of carbonyl (C=O) groups is 1. The number of nitrogens with one attached hydrogen (secondary N) is 2. The molecule has 0 unspecified atom stereocenters. The van der Waals surface area contributed by atoms with E-state index in [4.69, 9.17) is 0 Å². The third-order valence-electron chi connectivity index (χ3n) is 4.77. The van der Waals surface area contributed by atoms with Crippen LogP contribution in [0.3, 0.4) is 0 Å². The molecule has 0 radical (unpaired) electrons. The number of hydrogen-bond acceptors (Lipinski definition) is 7. The second kappa shape index (κ2) is 9.92. The summed E-state index contributed by atoms with van der Waals surface area (Å²) in [5.41, 5.74) is 0.836. The summed E-state index contributed by atoms with van der Waals surface area (Å²) in [6.45, 7) is 13.2. The largest absolute Gasteiger partial charge is 0.353 e. The number of carbonyl (C=O) groups excluding carboxylic acids is 1. The fourth-order valence-corrected chi connectivity index (χ4v) is 5.36. The molecule has 2 N–H and O–H groups in total. The molecule has 0 aliphatic carbocycles. The summed E-state index contributed by atoms with van der Waals surface area (Å²) in [6, 6.07) is 4.64. The van der Waals surface area contributed by atoms with Crippen LogP contribution in [0.2, 0.25) is 0 Å². The van der Waals surface area contributed by atoms with Crippen molar-refractivity contribution in [2.45, 2.75) is 64.6 Å². The Hall–Kier alpha value is -1.62. The van der Waals surface area contributed by atoms with Crippen molar-refractivity contribution in [2.75, 3.05) is 13.1 Å². The van der Waals surface area contributed by atoms with Gasteiger partial charge in [-0.3, -0.25) is 9.69 Å². The monoisotopic (exact) mass is 441 g/mol. The number of hydrogen-bond donors (Lipinski definition) is 2. The number of sulfonamides is 1. The Morgan fingerprint density at radius 1 is 1.10 bits per heavy atom. The van der Waals surface area contributed by atoms with E-state index in [1.54, 1.807) is 12.1 Å². The maximum atomic E-state index is 13.0. The normalized spacial score (nSPS) is 13.7. The predicted molar refractivity (Wildman–Crippen MR) is 116 cm³/mol. The first-order valence-electron chi connectivity index (χ1n) is 9.81. The van der Waals surface area contributed by atoms with Gasteiger partial charge >= 0.3 is 0 Å². The van der Waals surface area contributed by atoms with Crippen LogP contribution in [0.5, 0.6) is 0 Å². The molecule has 0 saturated heterocycles. The summed E-state index contributed by atoms with van der Waals surface area (Å²) >= 11 is 0.957. The Bertz CT molecular complexity index is 917. The molecule has 0 aliphatic heterocycles. The number of amides is 1. The van der Waals surface area contributed by atoms with E-state index in [-0.39, 0.29) is 16.7 Å². The van der Waals surface area contributed by atoms with Crippen molar-refractivity contribution in [1.82, 2.24) is 23.7 Å². The highest BCUT2D eigenvalue weighted by Crippen LogP contribution is 2.21. The van der Waals surface area contributed by atoms with E-state index in [1.807, 2.05) is 13.8 Å². The Balaban J connectivity index is 2.11. The highest BCUT2D eigenvalue weighted by molar-refractivity contribution is 7.89. The van der Waals surface area contributed by atoms with Gasteiger partial charge in [0.2, 0.25) is 15.9 Å². The lowest BCUT2D eigenvalue weighted by atomic mass is 10.1. The van der Waals surface area contributed by atoms with Crippen molar-refractivity contribution >= 4 is 38.7 Å². The number of benzene rings is 1. The minimum absolute atomic E-state index is 0.0352. The minimum atomic E-state index is -3.93. The Morgan fingerprint density at radius 3 is 2.34 bits per heavy atom. The fraction of sp³-hybridized carbons (Fsp3) is 0.632. The van der Waals surface area contributed by atoms with Crippen molar-refractivity contribution in [3.63, 3.8) is 0 Å². The van der Waals surface area contributed by atoms with Crippen LogP contribution in [-0.4, -0.2) is 59.2 Å². The molecule has 0 saturated carbocycles. The maximum Gasteiger partial charge on any atom is 0.243 e. The van der Waals surface area contributed by atoms with Crippen molar-refractivity contribution in [3.05, 3.63) is 18.2 Å². The first-order chi connectivity index (χ1) is 13.5. The predicted octanol–water partition coefficient (Wildman–Crippen LogP) is 2.23. The van der Waals surface area contributed by atoms with Crippen LogP contribution < -0.4 is 10.0 Å². The average Bonchev–Trinajstić information content (AvgIpc) is 3.10. The topological polar surface area (TPSA) is 104 Å². The summed E-state index contributed by atoms with van der Waals surface area (Å²) in [4.78, 5) is 15.0. The molecular weight excluding hydrogens is 410 g/mol. The van der Waals surface area contributed by atoms with Gasteiger partial charge in [-0.05, 0) is 45.7 Å². The highest BCUT2D eigenvalue weighted by Gasteiger charge is 2.30. The van der Waals surface area contributed by atoms with E-state index in [0.29, 0.717) is 36.2 Å². The van der Waals surface area contributed by atoms with Gasteiger partial charge in [-0.2, -0.15) is 13.5 Å². The van der Waals surface area contributed by atoms with Crippen LogP contribution in [0.1, 0.15) is 41.5 Å². The van der Waals surface area contributed by atoms with E-state index < -0.39 is 16.1 Å². The third-order valence-corrected chi connectivity index (χ3v) is 6.78. The van der Waals surface area contributed by atoms with E-state index in [9.17, 15) is 13.2 Å². The molecule has 162 valence electrons. The number of fused-ring (bicyclic) bond motifs is 1. The molecule has 1 aromatic heterocycles. The Kier molecular flexibility index (Phi) is 8.10. The number of rotatable bonds is 10. The van der Waals surface area contributed by atoms with Crippen molar-refractivity contribution in [2.24, 2.45) is 5.92 Å². The smallest absolute Gasteiger partial charge is 0.243 e. The molecule has 0 aliphatic rings. The lowest BCUT2D eigenvalue weighted by Crippen LogP contribution is -2.51. The summed E-state index contributed by atoms with van der Waals surface area (Å²) in [7, 11) is -3.93. The zero-order valence-electron chi connectivity index (χ0n) is 17.8. The number of aromatic nitrogens is 2. The van der Waals surface area contributed by atoms with Gasteiger partial charge in [0.25, 0.3) is 0 Å². The quantitative estimate of drug-likeness (QED) is 0.586. The van der Waals surface area contributed by atoms with Gasteiger partial charge in [0.1, 0.15) is 22.0 Å². The third kappa shape index (κ3) is 5.94. The first kappa shape index (κ1) is 23.7. The van der Waals surface area contributed by atoms with Gasteiger partial charge in [-0.1, -0.05) is 19.9 Å². The van der Waals surface area contributed by atoms with Crippen LogP contribution in [0.4, 0.5) is 0 Å². The molecule has 29 heavy (non-hydrogen) atoms. The zero-order chi connectivity index (χ0) is 21.8. The molecule has 1 aromatic carbocycles. The summed E-state index contributed by atoms with van der Waals surface area (Å²) in [5.74, 6) is -0.552. The van der Waals surface area contributed by atoms with Gasteiger partial charge in [0.15, 0.2) is 0 Å². The maximum absolute atomic E-state index is 13.0. The Morgan fingerprint density at radius 2 is 1.76 bits per heavy atom. The van der Waals surface area contributed by atoms with Gasteiger partial charge in [-0.15, -0.1) is 0 Å². The highest BCUT2D eigenvalue weighted by atomic mass is 32.2. The standard InChI is InChI=1S/C19H31N5O3S2/c1-12(2)17(19(25)20-10-11-24(13(3)4)14(5)6)23-29(26,27)16-9-7-8-15-18(16)22-28-21-15/h7-9,12-14,17,23H,10-11H2,1-6H3,(H,20,25)/t17-/m1/s1. The van der Waals surface area contributed by atoms with Crippen LogP contribution in [0, 0.1) is 5.92 Å². The molecule has 1 heterocycles. The van der Waals surface area contributed by atoms with E-state index in [1.165, 1.54) is 6.07 Å². The molecule has 2 rings (SSSR count). The van der Waals surface area contributed by atoms with E-state index >= 15 is 0 Å². The van der Waals surface area contributed by atoms with Crippen molar-refractivity contribution in [1.29, 1.82) is 0 Å². The molecule has 0 bridgehead atoms. The SMILES string of the molecule is CC(C)[C@@H](NS(=O)(=O)c1cccc2nsnc12)C(=O)NCCN(C(C)C)C(C)C. The number of nitrogens with zero attached hydrogens (tertiary/aromatic N) is 3. The van der Waals surface area contributed by atoms with Crippen LogP contribution in [-0.2, 0) is 14.8 Å². The molecular formula is C19H31N5O3S2. The lowest BCUT2D eigenvalue weighted by molar-refractivity contribution is -0.123. The van der Waals surface area contributed by atoms with Gasteiger partial charge in [0.05, 0.1) is 11.7 Å². The fourth-order valence-electron chi connectivity index (χ4n) is 3.25. The summed E-state index contributed by atoms with van der Waals surface area (Å²) < 4.78 is 36.7. The molecule has 1 atom stereocenters. The summed E-state index contributed by atoms with van der Waals surface area (Å²) in [5, 5.41) is 2.88. The van der Waals surface area contributed by atoms with Gasteiger partial charge in [0, 0.05) is 25.2 Å². The zero-order valence-corrected chi connectivity index (χ0v) is 19.5. The molecule has 0 fully saturated rings. The van der Waals surface area contributed by atoms with Gasteiger partial charge in [-0.25, -0.2) is 8.42 Å². The van der Waals surface area contributed by atoms with E-state index in [2.05, 4.69) is 51.4 Å². The van der Waals surface area contributed by atoms with Gasteiger partial charge < -0.3 is 5.32 Å². The Labute approximate surface area is 177 Å². The minimum Gasteiger partial charge on any atom is -0.353 e. The summed E-state index contributed by atoms with van der Waals surface area (Å²) in [6.07, 6.45) is 0. The molecule has 10 heteroatoms. The molecule has 0 spiro atoms. The van der Waals surface area contributed by atoms with Crippen LogP contribution >= 0.6 is 11.7 Å². The molecule has 1 amide bonds. The first-order valence-corrected chi connectivity index (χ1v) is 12.0.